The van der Waals surface area contributed by atoms with Gasteiger partial charge in [-0.05, 0) is 0 Å². The van der Waals surface area contributed by atoms with E-state index in [0.29, 0.717) is 0 Å². The van der Waals surface area contributed by atoms with Crippen LogP contribution in [0.15, 0.2) is 23.1 Å². The fourth-order valence-electron chi connectivity index (χ4n) is 0.953. The van der Waals surface area contributed by atoms with Gasteiger partial charge in [-0.2, -0.15) is 0 Å². The third-order valence-corrected chi connectivity index (χ3v) is 1.85. The highest BCUT2D eigenvalue weighted by atomic mass is 35.5. The molecule has 0 saturated heterocycles. The van der Waals surface area contributed by atoms with Gasteiger partial charge < -0.3 is 9.52 Å². The average Bonchev–Trinajstić information content (AvgIpc) is 2.70. The summed E-state index contributed by atoms with van der Waals surface area (Å²) in [6.07, 6.45) is 3.88. The van der Waals surface area contributed by atoms with Crippen molar-refractivity contribution >= 4 is 17.6 Å². The van der Waals surface area contributed by atoms with Crippen LogP contribution in [0.5, 0.6) is 0 Å². The molecule has 0 aliphatic heterocycles. The molecule has 2 aromatic heterocycles. The van der Waals surface area contributed by atoms with E-state index in [2.05, 4.69) is 15.0 Å². The van der Waals surface area contributed by atoms with Gasteiger partial charge in [0, 0.05) is 0 Å². The van der Waals surface area contributed by atoms with Gasteiger partial charge in [-0.1, -0.05) is 11.6 Å². The normalized spacial score (nSPS) is 10.2. The van der Waals surface area contributed by atoms with Gasteiger partial charge in [-0.3, -0.25) is 0 Å². The summed E-state index contributed by atoms with van der Waals surface area (Å²) in [5.74, 6) is -0.993. The lowest BCUT2D eigenvalue weighted by molar-refractivity contribution is 0.0690. The molecule has 6 nitrogen and oxygen atoms in total. The Kier molecular flexibility index (Phi) is 2.34. The second-order valence-corrected chi connectivity index (χ2v) is 2.90. The molecular formula is C8H4ClN3O3. The lowest BCUT2D eigenvalue weighted by Crippen LogP contribution is -2.02. The molecule has 0 amide bonds. The van der Waals surface area contributed by atoms with Crippen molar-refractivity contribution in [1.82, 2.24) is 15.0 Å². The van der Waals surface area contributed by atoms with Gasteiger partial charge >= 0.3 is 5.97 Å². The predicted octanol–water partition coefficient (Wildman–Crippen LogP) is 1.48. The van der Waals surface area contributed by atoms with Crippen molar-refractivity contribution in [3.8, 4) is 11.6 Å². The summed E-state index contributed by atoms with van der Waals surface area (Å²) < 4.78 is 4.96. The number of halogens is 1. The van der Waals surface area contributed by atoms with Gasteiger partial charge in [-0.25, -0.2) is 19.7 Å². The minimum absolute atomic E-state index is 0.0580. The highest BCUT2D eigenvalue weighted by Crippen LogP contribution is 2.21. The zero-order chi connectivity index (χ0) is 10.8. The highest BCUT2D eigenvalue weighted by Gasteiger charge is 2.14. The molecule has 2 aromatic rings. The maximum atomic E-state index is 10.6. The molecule has 0 aliphatic rings. The van der Waals surface area contributed by atoms with Crippen LogP contribution in [0, 0.1) is 0 Å². The molecule has 0 aromatic carbocycles. The maximum absolute atomic E-state index is 10.6. The first-order valence-electron chi connectivity index (χ1n) is 3.84. The number of rotatable bonds is 2. The van der Waals surface area contributed by atoms with Gasteiger partial charge in [0.2, 0.25) is 5.89 Å². The lowest BCUT2D eigenvalue weighted by Gasteiger charge is -1.98. The number of oxazole rings is 1. The molecule has 7 heteroatoms. The Balaban J connectivity index is 2.48. The van der Waals surface area contributed by atoms with E-state index in [-0.39, 0.29) is 22.4 Å². The Morgan fingerprint density at radius 1 is 1.47 bits per heavy atom. The van der Waals surface area contributed by atoms with Crippen molar-refractivity contribution in [1.29, 1.82) is 0 Å². The second-order valence-electron chi connectivity index (χ2n) is 2.54. The molecular weight excluding hydrogens is 222 g/mol. The Morgan fingerprint density at radius 2 is 2.27 bits per heavy atom. The molecule has 0 bridgehead atoms. The molecule has 0 spiro atoms. The van der Waals surface area contributed by atoms with Crippen LogP contribution in [0.2, 0.25) is 5.15 Å². The SMILES string of the molecule is O=C(O)c1cnc(-c2ncco2)c(Cl)n1. The lowest BCUT2D eigenvalue weighted by atomic mass is 10.4. The summed E-state index contributed by atoms with van der Waals surface area (Å²) in [5, 5.41) is 8.57. The number of nitrogens with zero attached hydrogens (tertiary/aromatic N) is 3. The first-order chi connectivity index (χ1) is 7.18. The number of carbonyl (C=O) groups is 1. The van der Waals surface area contributed by atoms with Crippen LogP contribution in [0.3, 0.4) is 0 Å². The van der Waals surface area contributed by atoms with Gasteiger partial charge in [0.05, 0.1) is 12.4 Å². The molecule has 0 aliphatic carbocycles. The number of carboxylic acids is 1. The maximum Gasteiger partial charge on any atom is 0.356 e. The van der Waals surface area contributed by atoms with Crippen LogP contribution in [-0.4, -0.2) is 26.0 Å². The molecule has 0 saturated carbocycles. The Bertz CT molecular complexity index is 498. The van der Waals surface area contributed by atoms with Crippen molar-refractivity contribution in [2.24, 2.45) is 0 Å². The molecule has 2 rings (SSSR count). The average molecular weight is 226 g/mol. The second kappa shape index (κ2) is 3.66. The Hall–Kier alpha value is -1.95. The number of aromatic carboxylic acids is 1. The van der Waals surface area contributed by atoms with E-state index in [1.54, 1.807) is 0 Å². The standard InChI is InChI=1S/C8H4ClN3O3/c9-6-5(7-10-1-2-15-7)11-3-4(12-6)8(13)14/h1-3H,(H,13,14). The first-order valence-corrected chi connectivity index (χ1v) is 4.22. The number of hydrogen-bond acceptors (Lipinski definition) is 5. The first kappa shape index (κ1) is 9.60. The fourth-order valence-corrected chi connectivity index (χ4v) is 1.17. The Labute approximate surface area is 88.6 Å². The van der Waals surface area contributed by atoms with E-state index in [9.17, 15) is 4.79 Å². The van der Waals surface area contributed by atoms with Gasteiger partial charge in [-0.15, -0.1) is 0 Å². The summed E-state index contributed by atoms with van der Waals surface area (Å²) in [6.45, 7) is 0. The monoisotopic (exact) mass is 225 g/mol. The van der Waals surface area contributed by atoms with Crippen LogP contribution >= 0.6 is 11.6 Å². The summed E-state index contributed by atoms with van der Waals surface area (Å²) in [5.41, 5.74) is -0.0121. The van der Waals surface area contributed by atoms with E-state index in [1.165, 1.54) is 12.5 Å². The van der Waals surface area contributed by atoms with Gasteiger partial charge in [0.15, 0.2) is 16.5 Å². The summed E-state index contributed by atoms with van der Waals surface area (Å²) in [4.78, 5) is 21.8. The van der Waals surface area contributed by atoms with Crippen molar-refractivity contribution in [2.45, 2.75) is 0 Å². The van der Waals surface area contributed by atoms with E-state index in [4.69, 9.17) is 21.1 Å². The quantitative estimate of drug-likeness (QED) is 0.833. The molecule has 15 heavy (non-hydrogen) atoms. The number of carboxylic acid groups (broad SMARTS) is 1. The zero-order valence-electron chi connectivity index (χ0n) is 7.22. The van der Waals surface area contributed by atoms with Crippen LogP contribution in [-0.2, 0) is 0 Å². The zero-order valence-corrected chi connectivity index (χ0v) is 7.97. The summed E-state index contributed by atoms with van der Waals surface area (Å²) in [6, 6.07) is 0. The fraction of sp³-hybridized carbons (Fsp3) is 0. The number of aromatic nitrogens is 3. The van der Waals surface area contributed by atoms with Crippen LogP contribution in [0.1, 0.15) is 10.5 Å². The third kappa shape index (κ3) is 1.79. The van der Waals surface area contributed by atoms with Crippen LogP contribution in [0.25, 0.3) is 11.6 Å². The van der Waals surface area contributed by atoms with Crippen LogP contribution < -0.4 is 0 Å². The topological polar surface area (TPSA) is 89.1 Å². The van der Waals surface area contributed by atoms with Crippen molar-refractivity contribution in [2.75, 3.05) is 0 Å². The van der Waals surface area contributed by atoms with Crippen LogP contribution in [0.4, 0.5) is 0 Å². The molecule has 0 fully saturated rings. The van der Waals surface area contributed by atoms with Gasteiger partial charge in [0.1, 0.15) is 6.26 Å². The van der Waals surface area contributed by atoms with E-state index >= 15 is 0 Å². The third-order valence-electron chi connectivity index (χ3n) is 1.58. The van der Waals surface area contributed by atoms with Crippen molar-refractivity contribution in [3.05, 3.63) is 29.5 Å². The van der Waals surface area contributed by atoms with Gasteiger partial charge in [0.25, 0.3) is 0 Å². The predicted molar refractivity (Wildman–Crippen MR) is 49.5 cm³/mol. The van der Waals surface area contributed by atoms with Crippen molar-refractivity contribution in [3.63, 3.8) is 0 Å². The van der Waals surface area contributed by atoms with E-state index in [0.717, 1.165) is 6.20 Å². The van der Waals surface area contributed by atoms with E-state index < -0.39 is 5.97 Å². The molecule has 0 radical (unpaired) electrons. The smallest absolute Gasteiger partial charge is 0.356 e. The minimum atomic E-state index is -1.19. The summed E-state index contributed by atoms with van der Waals surface area (Å²) in [7, 11) is 0. The number of hydrogen-bond donors (Lipinski definition) is 1. The Morgan fingerprint density at radius 3 is 2.80 bits per heavy atom. The highest BCUT2D eigenvalue weighted by molar-refractivity contribution is 6.31. The molecule has 0 atom stereocenters. The molecule has 1 N–H and O–H groups in total. The minimum Gasteiger partial charge on any atom is -0.476 e. The van der Waals surface area contributed by atoms with Crippen molar-refractivity contribution < 1.29 is 14.3 Å². The largest absolute Gasteiger partial charge is 0.476 e. The summed E-state index contributed by atoms with van der Waals surface area (Å²) >= 11 is 5.73. The van der Waals surface area contributed by atoms with E-state index in [1.807, 2.05) is 0 Å². The molecule has 2 heterocycles. The molecule has 76 valence electrons. The molecule has 0 unspecified atom stereocenters.